The Morgan fingerprint density at radius 1 is 1.10 bits per heavy atom. The second-order valence-electron chi connectivity index (χ2n) is 7.00. The molecule has 0 spiro atoms. The van der Waals surface area contributed by atoms with Crippen LogP contribution in [0.1, 0.15) is 50.0 Å². The molecule has 1 aromatic carbocycles. The molecule has 2 nitrogen and oxygen atoms in total. The zero-order valence-corrected chi connectivity index (χ0v) is 12.9. The molecule has 0 aliphatic heterocycles. The summed E-state index contributed by atoms with van der Waals surface area (Å²) in [4.78, 5) is 2.43. The fourth-order valence-corrected chi connectivity index (χ4v) is 4.34. The van der Waals surface area contributed by atoms with Crippen molar-refractivity contribution in [2.24, 2.45) is 11.7 Å². The van der Waals surface area contributed by atoms with Crippen molar-refractivity contribution in [3.8, 4) is 0 Å². The number of rotatable bonds is 4. The highest BCUT2D eigenvalue weighted by atomic mass is 15.2. The van der Waals surface area contributed by atoms with Gasteiger partial charge in [-0.05, 0) is 50.8 Å². The Kier molecular flexibility index (Phi) is 3.87. The Labute approximate surface area is 123 Å². The second-order valence-corrected chi connectivity index (χ2v) is 7.00. The molecule has 2 saturated carbocycles. The molecule has 2 aliphatic rings. The summed E-state index contributed by atoms with van der Waals surface area (Å²) in [5, 5.41) is 0. The van der Waals surface area contributed by atoms with E-state index in [1.807, 2.05) is 0 Å². The predicted molar refractivity (Wildman–Crippen MR) is 84.8 cm³/mol. The lowest BCUT2D eigenvalue weighted by molar-refractivity contribution is 0.0630. The average molecular weight is 272 g/mol. The molecule has 0 aromatic heterocycles. The largest absolute Gasteiger partial charge is 0.326 e. The Balaban J connectivity index is 1.74. The van der Waals surface area contributed by atoms with E-state index in [0.29, 0.717) is 17.9 Å². The minimum Gasteiger partial charge on any atom is -0.326 e. The zero-order chi connectivity index (χ0) is 14.2. The highest BCUT2D eigenvalue weighted by molar-refractivity contribution is 5.28. The summed E-state index contributed by atoms with van der Waals surface area (Å²) in [6.07, 6.45) is 7.90. The summed E-state index contributed by atoms with van der Waals surface area (Å²) in [6.45, 7) is 0. The number of nitrogens with zero attached hydrogens (tertiary/aromatic N) is 1. The van der Waals surface area contributed by atoms with Gasteiger partial charge in [-0.1, -0.05) is 49.6 Å². The first-order valence-corrected chi connectivity index (χ1v) is 8.13. The van der Waals surface area contributed by atoms with E-state index in [1.165, 1.54) is 44.1 Å². The van der Waals surface area contributed by atoms with Gasteiger partial charge in [0.15, 0.2) is 0 Å². The van der Waals surface area contributed by atoms with Crippen LogP contribution in [0, 0.1) is 5.92 Å². The van der Waals surface area contributed by atoms with Crippen molar-refractivity contribution in [1.82, 2.24) is 4.90 Å². The van der Waals surface area contributed by atoms with Crippen LogP contribution in [-0.4, -0.2) is 30.6 Å². The SMILES string of the molecule is CN(C)C1(C(N)C2CC2c2ccccc2)CCCCC1. The van der Waals surface area contributed by atoms with Crippen LogP contribution in [0.25, 0.3) is 0 Å². The molecular formula is C18H28N2. The third-order valence-corrected chi connectivity index (χ3v) is 5.76. The van der Waals surface area contributed by atoms with Gasteiger partial charge in [-0.2, -0.15) is 0 Å². The van der Waals surface area contributed by atoms with E-state index < -0.39 is 0 Å². The van der Waals surface area contributed by atoms with E-state index >= 15 is 0 Å². The molecule has 110 valence electrons. The lowest BCUT2D eigenvalue weighted by Gasteiger charge is -2.47. The summed E-state index contributed by atoms with van der Waals surface area (Å²) in [7, 11) is 4.45. The number of hydrogen-bond acceptors (Lipinski definition) is 2. The first-order chi connectivity index (χ1) is 9.65. The third kappa shape index (κ3) is 2.40. The minimum absolute atomic E-state index is 0.243. The fraction of sp³-hybridized carbons (Fsp3) is 0.667. The maximum atomic E-state index is 6.78. The van der Waals surface area contributed by atoms with Crippen LogP contribution < -0.4 is 5.73 Å². The van der Waals surface area contributed by atoms with E-state index in [1.54, 1.807) is 0 Å². The number of likely N-dealkylation sites (N-methyl/N-ethyl adjacent to an activating group) is 1. The topological polar surface area (TPSA) is 29.3 Å². The van der Waals surface area contributed by atoms with Crippen molar-refractivity contribution in [2.45, 2.75) is 56.0 Å². The van der Waals surface area contributed by atoms with Crippen molar-refractivity contribution in [1.29, 1.82) is 0 Å². The van der Waals surface area contributed by atoms with Gasteiger partial charge in [0, 0.05) is 11.6 Å². The van der Waals surface area contributed by atoms with Crippen molar-refractivity contribution >= 4 is 0 Å². The van der Waals surface area contributed by atoms with E-state index in [2.05, 4.69) is 49.3 Å². The molecule has 3 unspecified atom stereocenters. The zero-order valence-electron chi connectivity index (χ0n) is 12.9. The molecule has 2 N–H and O–H groups in total. The van der Waals surface area contributed by atoms with E-state index in [-0.39, 0.29) is 5.54 Å². The lowest BCUT2D eigenvalue weighted by atomic mass is 9.73. The standard InChI is InChI=1S/C18H28N2/c1-20(2)18(11-7-4-8-12-18)17(19)16-13-15(16)14-9-5-3-6-10-14/h3,5-6,9-10,15-17H,4,7-8,11-13,19H2,1-2H3. The molecule has 0 amide bonds. The molecule has 3 rings (SSSR count). The van der Waals surface area contributed by atoms with Crippen molar-refractivity contribution in [3.63, 3.8) is 0 Å². The van der Waals surface area contributed by atoms with Gasteiger partial charge < -0.3 is 10.6 Å². The molecule has 2 fully saturated rings. The minimum atomic E-state index is 0.243. The van der Waals surface area contributed by atoms with Crippen molar-refractivity contribution < 1.29 is 0 Å². The van der Waals surface area contributed by atoms with Gasteiger partial charge >= 0.3 is 0 Å². The quantitative estimate of drug-likeness (QED) is 0.910. The maximum absolute atomic E-state index is 6.78. The van der Waals surface area contributed by atoms with Crippen LogP contribution in [0.5, 0.6) is 0 Å². The number of benzene rings is 1. The molecule has 0 saturated heterocycles. The Morgan fingerprint density at radius 3 is 2.35 bits per heavy atom. The Hall–Kier alpha value is -0.860. The first kappa shape index (κ1) is 14.1. The predicted octanol–water partition coefficient (Wildman–Crippen LogP) is 3.38. The van der Waals surface area contributed by atoms with E-state index in [0.717, 1.165) is 0 Å². The van der Waals surface area contributed by atoms with Crippen LogP contribution in [0.4, 0.5) is 0 Å². The monoisotopic (exact) mass is 272 g/mol. The van der Waals surface area contributed by atoms with Gasteiger partial charge in [-0.25, -0.2) is 0 Å². The Morgan fingerprint density at radius 2 is 1.75 bits per heavy atom. The molecule has 2 aliphatic carbocycles. The number of hydrogen-bond donors (Lipinski definition) is 1. The smallest absolute Gasteiger partial charge is 0.0357 e. The molecule has 2 heteroatoms. The highest BCUT2D eigenvalue weighted by Gasteiger charge is 2.51. The van der Waals surface area contributed by atoms with Crippen LogP contribution in [0.15, 0.2) is 30.3 Å². The molecule has 1 aromatic rings. The summed E-state index contributed by atoms with van der Waals surface area (Å²) >= 11 is 0. The normalized spacial score (nSPS) is 30.2. The van der Waals surface area contributed by atoms with Gasteiger partial charge in [0.1, 0.15) is 0 Å². The molecule has 3 atom stereocenters. The molecule has 0 radical (unpaired) electrons. The molecular weight excluding hydrogens is 244 g/mol. The second kappa shape index (κ2) is 5.50. The summed E-state index contributed by atoms with van der Waals surface area (Å²) in [6, 6.07) is 11.3. The van der Waals surface area contributed by atoms with Gasteiger partial charge in [0.2, 0.25) is 0 Å². The summed E-state index contributed by atoms with van der Waals surface area (Å²) < 4.78 is 0. The molecule has 0 heterocycles. The van der Waals surface area contributed by atoms with E-state index in [4.69, 9.17) is 5.73 Å². The fourth-order valence-electron chi connectivity index (χ4n) is 4.34. The van der Waals surface area contributed by atoms with E-state index in [9.17, 15) is 0 Å². The van der Waals surface area contributed by atoms with Crippen molar-refractivity contribution in [3.05, 3.63) is 35.9 Å². The molecule has 20 heavy (non-hydrogen) atoms. The molecule has 0 bridgehead atoms. The first-order valence-electron chi connectivity index (χ1n) is 8.13. The summed E-state index contributed by atoms with van der Waals surface area (Å²) in [5.74, 6) is 1.38. The third-order valence-electron chi connectivity index (χ3n) is 5.76. The van der Waals surface area contributed by atoms with Gasteiger partial charge in [-0.15, -0.1) is 0 Å². The van der Waals surface area contributed by atoms with Crippen molar-refractivity contribution in [2.75, 3.05) is 14.1 Å². The van der Waals surface area contributed by atoms with Crippen LogP contribution in [-0.2, 0) is 0 Å². The van der Waals surface area contributed by atoms with Gasteiger partial charge in [0.25, 0.3) is 0 Å². The summed E-state index contributed by atoms with van der Waals surface area (Å²) in [5.41, 5.74) is 8.50. The highest BCUT2D eigenvalue weighted by Crippen LogP contribution is 2.53. The van der Waals surface area contributed by atoms with Crippen LogP contribution in [0.2, 0.25) is 0 Å². The van der Waals surface area contributed by atoms with Crippen LogP contribution in [0.3, 0.4) is 0 Å². The number of nitrogens with two attached hydrogens (primary N) is 1. The lowest BCUT2D eigenvalue weighted by Crippen LogP contribution is -2.59. The maximum Gasteiger partial charge on any atom is 0.0357 e. The van der Waals surface area contributed by atoms with Gasteiger partial charge in [-0.3, -0.25) is 0 Å². The Bertz CT molecular complexity index is 434. The average Bonchev–Trinajstić information content (AvgIpc) is 3.28. The van der Waals surface area contributed by atoms with Crippen LogP contribution >= 0.6 is 0 Å². The van der Waals surface area contributed by atoms with Gasteiger partial charge in [0.05, 0.1) is 0 Å².